The van der Waals surface area contributed by atoms with E-state index in [4.69, 9.17) is 10.5 Å². The number of thiazole rings is 1. The number of nitrogens with two attached hydrogens (primary N) is 1. The largest absolute Gasteiger partial charge is 0.375 e. The highest BCUT2D eigenvalue weighted by Gasteiger charge is 2.24. The van der Waals surface area contributed by atoms with Crippen molar-refractivity contribution in [2.75, 3.05) is 32.5 Å². The monoisotopic (exact) mass is 298 g/mol. The lowest BCUT2D eigenvalue weighted by Crippen LogP contribution is -2.48. The Bertz CT molecular complexity index is 517. The second-order valence-electron chi connectivity index (χ2n) is 4.60. The predicted molar refractivity (Wildman–Crippen MR) is 75.6 cm³/mol. The molecule has 1 aromatic rings. The Morgan fingerprint density at radius 1 is 1.65 bits per heavy atom. The van der Waals surface area contributed by atoms with Crippen LogP contribution in [-0.2, 0) is 16.0 Å². The molecular formula is C12H18N4O3S. The number of ether oxygens (including phenoxy) is 1. The number of hydrogen-bond acceptors (Lipinski definition) is 6. The molecule has 2 amide bonds. The summed E-state index contributed by atoms with van der Waals surface area (Å²) in [7, 11) is 1.72. The number of nitrogens with one attached hydrogen (secondary N) is 1. The van der Waals surface area contributed by atoms with E-state index in [9.17, 15) is 9.59 Å². The molecule has 1 saturated heterocycles. The van der Waals surface area contributed by atoms with E-state index in [1.165, 1.54) is 11.3 Å². The van der Waals surface area contributed by atoms with Gasteiger partial charge < -0.3 is 20.7 Å². The highest BCUT2D eigenvalue weighted by molar-refractivity contribution is 7.17. The summed E-state index contributed by atoms with van der Waals surface area (Å²) in [6.07, 6.45) is 0.477. The normalized spacial score (nSPS) is 19.2. The lowest BCUT2D eigenvalue weighted by Gasteiger charge is -2.29. The summed E-state index contributed by atoms with van der Waals surface area (Å²) >= 11 is 1.18. The fraction of sp³-hybridized carbons (Fsp3) is 0.583. The summed E-state index contributed by atoms with van der Waals surface area (Å²) in [6.45, 7) is 2.82. The van der Waals surface area contributed by atoms with Crippen LogP contribution in [0.25, 0.3) is 0 Å². The number of amides is 2. The maximum Gasteiger partial charge on any atom is 0.263 e. The summed E-state index contributed by atoms with van der Waals surface area (Å²) in [6, 6.07) is 0. The average Bonchev–Trinajstić information content (AvgIpc) is 2.81. The van der Waals surface area contributed by atoms with E-state index in [0.717, 1.165) is 0 Å². The van der Waals surface area contributed by atoms with E-state index in [1.807, 2.05) is 6.92 Å². The molecule has 110 valence electrons. The van der Waals surface area contributed by atoms with Crippen molar-refractivity contribution >= 4 is 28.3 Å². The number of anilines is 1. The SMILES string of the molecule is CCc1nc(N)sc1C(=O)NC[C@@H]1CN(C)C(=O)CO1. The number of aromatic nitrogens is 1. The third kappa shape index (κ3) is 3.26. The number of rotatable bonds is 4. The molecule has 0 saturated carbocycles. The maximum atomic E-state index is 12.1. The molecule has 3 N–H and O–H groups in total. The van der Waals surface area contributed by atoms with E-state index in [2.05, 4.69) is 10.3 Å². The van der Waals surface area contributed by atoms with Gasteiger partial charge in [0.15, 0.2) is 5.13 Å². The van der Waals surface area contributed by atoms with Gasteiger partial charge in [-0.3, -0.25) is 9.59 Å². The van der Waals surface area contributed by atoms with Crippen LogP contribution in [0, 0.1) is 0 Å². The molecule has 20 heavy (non-hydrogen) atoms. The van der Waals surface area contributed by atoms with Gasteiger partial charge in [-0.05, 0) is 6.42 Å². The molecule has 0 unspecified atom stereocenters. The minimum absolute atomic E-state index is 0.0453. The second-order valence-corrected chi connectivity index (χ2v) is 5.63. The Labute approximate surface area is 121 Å². The quantitative estimate of drug-likeness (QED) is 0.807. The Morgan fingerprint density at radius 3 is 3.05 bits per heavy atom. The number of nitrogen functional groups attached to an aromatic ring is 1. The van der Waals surface area contributed by atoms with E-state index >= 15 is 0 Å². The second kappa shape index (κ2) is 6.19. The molecule has 0 spiro atoms. The molecule has 0 aliphatic carbocycles. The maximum absolute atomic E-state index is 12.1. The number of carbonyl (C=O) groups excluding carboxylic acids is 2. The molecule has 2 heterocycles. The molecule has 2 rings (SSSR count). The van der Waals surface area contributed by atoms with Crippen molar-refractivity contribution in [2.24, 2.45) is 0 Å². The van der Waals surface area contributed by atoms with Crippen molar-refractivity contribution in [1.29, 1.82) is 0 Å². The van der Waals surface area contributed by atoms with E-state index < -0.39 is 0 Å². The van der Waals surface area contributed by atoms with Gasteiger partial charge in [0.1, 0.15) is 11.5 Å². The average molecular weight is 298 g/mol. The zero-order chi connectivity index (χ0) is 14.7. The zero-order valence-corrected chi connectivity index (χ0v) is 12.3. The summed E-state index contributed by atoms with van der Waals surface area (Å²) < 4.78 is 5.37. The van der Waals surface area contributed by atoms with Gasteiger partial charge in [0, 0.05) is 20.1 Å². The van der Waals surface area contributed by atoms with E-state index in [0.29, 0.717) is 35.2 Å². The van der Waals surface area contributed by atoms with Gasteiger partial charge in [0.2, 0.25) is 5.91 Å². The van der Waals surface area contributed by atoms with Crippen LogP contribution >= 0.6 is 11.3 Å². The van der Waals surface area contributed by atoms with Crippen LogP contribution in [0.5, 0.6) is 0 Å². The summed E-state index contributed by atoms with van der Waals surface area (Å²) in [5.74, 6) is -0.240. The van der Waals surface area contributed by atoms with Crippen molar-refractivity contribution in [3.8, 4) is 0 Å². The van der Waals surface area contributed by atoms with Gasteiger partial charge in [0.25, 0.3) is 5.91 Å². The number of likely N-dealkylation sites (N-methyl/N-ethyl adjacent to an activating group) is 1. The Kier molecular flexibility index (Phi) is 4.56. The lowest BCUT2D eigenvalue weighted by atomic mass is 10.2. The van der Waals surface area contributed by atoms with E-state index in [-0.39, 0.29) is 24.5 Å². The zero-order valence-electron chi connectivity index (χ0n) is 11.5. The van der Waals surface area contributed by atoms with Crippen LogP contribution in [0.2, 0.25) is 0 Å². The molecule has 0 radical (unpaired) electrons. The third-order valence-corrected chi connectivity index (χ3v) is 4.02. The highest BCUT2D eigenvalue weighted by Crippen LogP contribution is 2.20. The first-order valence-electron chi connectivity index (χ1n) is 6.40. The van der Waals surface area contributed by atoms with Gasteiger partial charge >= 0.3 is 0 Å². The summed E-state index contributed by atoms with van der Waals surface area (Å²) in [5, 5.41) is 3.20. The summed E-state index contributed by atoms with van der Waals surface area (Å²) in [4.78, 5) is 29.6. The molecule has 1 atom stereocenters. The molecule has 0 aromatic carbocycles. The fourth-order valence-corrected chi connectivity index (χ4v) is 2.79. The van der Waals surface area contributed by atoms with Crippen molar-refractivity contribution in [3.05, 3.63) is 10.6 Å². The van der Waals surface area contributed by atoms with Gasteiger partial charge in [-0.1, -0.05) is 18.3 Å². The first kappa shape index (κ1) is 14.7. The Morgan fingerprint density at radius 2 is 2.40 bits per heavy atom. The number of carbonyl (C=O) groups is 2. The topological polar surface area (TPSA) is 97.5 Å². The van der Waals surface area contributed by atoms with Gasteiger partial charge in [-0.2, -0.15) is 0 Å². The third-order valence-electron chi connectivity index (χ3n) is 3.09. The number of aryl methyl sites for hydroxylation is 1. The standard InChI is InChI=1S/C12H18N4O3S/c1-3-8-10(20-12(13)15-8)11(18)14-4-7-5-16(2)9(17)6-19-7/h7H,3-6H2,1-2H3,(H2,13,15)(H,14,18)/t7-/m1/s1. The smallest absolute Gasteiger partial charge is 0.263 e. The van der Waals surface area contributed by atoms with E-state index in [1.54, 1.807) is 11.9 Å². The van der Waals surface area contributed by atoms with Crippen LogP contribution in [0.4, 0.5) is 5.13 Å². The predicted octanol–water partition coefficient (Wildman–Crippen LogP) is -0.125. The molecule has 1 aliphatic rings. The van der Waals surface area contributed by atoms with Gasteiger partial charge in [0.05, 0.1) is 11.8 Å². The first-order chi connectivity index (χ1) is 9.51. The van der Waals surface area contributed by atoms with Gasteiger partial charge in [-0.15, -0.1) is 0 Å². The van der Waals surface area contributed by atoms with Crippen LogP contribution < -0.4 is 11.1 Å². The first-order valence-corrected chi connectivity index (χ1v) is 7.21. The molecule has 8 heteroatoms. The Balaban J connectivity index is 1.90. The number of hydrogen-bond donors (Lipinski definition) is 2. The number of nitrogens with zero attached hydrogens (tertiary/aromatic N) is 2. The molecular weight excluding hydrogens is 280 g/mol. The molecule has 1 aromatic heterocycles. The van der Waals surface area contributed by atoms with Crippen LogP contribution in [0.1, 0.15) is 22.3 Å². The molecule has 0 bridgehead atoms. The Hall–Kier alpha value is -1.67. The van der Waals surface area contributed by atoms with Crippen molar-refractivity contribution in [3.63, 3.8) is 0 Å². The molecule has 7 nitrogen and oxygen atoms in total. The van der Waals surface area contributed by atoms with Crippen LogP contribution in [0.3, 0.4) is 0 Å². The summed E-state index contributed by atoms with van der Waals surface area (Å²) in [5.41, 5.74) is 6.33. The van der Waals surface area contributed by atoms with Crippen LogP contribution in [-0.4, -0.2) is 54.5 Å². The molecule has 1 fully saturated rings. The van der Waals surface area contributed by atoms with Crippen LogP contribution in [0.15, 0.2) is 0 Å². The lowest BCUT2D eigenvalue weighted by molar-refractivity contribution is -0.146. The minimum atomic E-state index is -0.195. The molecule has 1 aliphatic heterocycles. The fourth-order valence-electron chi connectivity index (χ4n) is 1.96. The highest BCUT2D eigenvalue weighted by atomic mass is 32.1. The van der Waals surface area contributed by atoms with Crippen molar-refractivity contribution < 1.29 is 14.3 Å². The minimum Gasteiger partial charge on any atom is -0.375 e. The van der Waals surface area contributed by atoms with Crippen molar-refractivity contribution in [2.45, 2.75) is 19.4 Å². The number of morpholine rings is 1. The van der Waals surface area contributed by atoms with Crippen molar-refractivity contribution in [1.82, 2.24) is 15.2 Å². The van der Waals surface area contributed by atoms with Gasteiger partial charge in [-0.25, -0.2) is 4.98 Å².